The van der Waals surface area contributed by atoms with Crippen LogP contribution in [0, 0.1) is 11.8 Å². The molecule has 0 aliphatic rings. The fourth-order valence-corrected chi connectivity index (χ4v) is 1.54. The number of nitrogens with two attached hydrogens (primary N) is 2. The van der Waals surface area contributed by atoms with E-state index in [2.05, 4.69) is 17.2 Å². The lowest BCUT2D eigenvalue weighted by Crippen LogP contribution is -2.19. The first-order chi connectivity index (χ1) is 9.15. The maximum absolute atomic E-state index is 10.9. The Morgan fingerprint density at radius 2 is 1.68 bits per heavy atom. The third-order valence-electron chi connectivity index (χ3n) is 2.44. The minimum absolute atomic E-state index is 0.595. The molecule has 0 radical (unpaired) electrons. The van der Waals surface area contributed by atoms with Crippen molar-refractivity contribution in [2.45, 2.75) is 0 Å². The number of carbonyl (C=O) groups excluding carboxylic acids is 1. The van der Waals surface area contributed by atoms with Gasteiger partial charge in [0.1, 0.15) is 0 Å². The van der Waals surface area contributed by atoms with E-state index in [0.717, 1.165) is 5.56 Å². The molecule has 0 bridgehead atoms. The summed E-state index contributed by atoms with van der Waals surface area (Å²) >= 11 is 0. The summed E-state index contributed by atoms with van der Waals surface area (Å²) in [4.78, 5) is 10.9. The van der Waals surface area contributed by atoms with Crippen LogP contribution < -0.4 is 16.8 Å². The van der Waals surface area contributed by atoms with Crippen molar-refractivity contribution in [2.75, 3.05) is 11.1 Å². The predicted octanol–water partition coefficient (Wildman–Crippen LogP) is 2.16. The smallest absolute Gasteiger partial charge is 0.316 e. The molecule has 4 heteroatoms. The number of amides is 2. The number of urea groups is 1. The first-order valence-electron chi connectivity index (χ1n) is 5.68. The number of carbonyl (C=O) groups is 1. The molecule has 2 amide bonds. The Morgan fingerprint density at radius 1 is 1.00 bits per heavy atom. The fraction of sp³-hybridized carbons (Fsp3) is 0. The summed E-state index contributed by atoms with van der Waals surface area (Å²) in [6.45, 7) is 0. The number of nitrogens with one attached hydrogen (secondary N) is 1. The molecule has 4 nitrogen and oxygen atoms in total. The second kappa shape index (κ2) is 5.61. The lowest BCUT2D eigenvalue weighted by Gasteiger charge is -2.03. The van der Waals surface area contributed by atoms with Crippen molar-refractivity contribution >= 4 is 17.4 Å². The molecular weight excluding hydrogens is 238 g/mol. The Bertz CT molecular complexity index is 651. The number of rotatable bonds is 1. The zero-order valence-electron chi connectivity index (χ0n) is 10.2. The Kier molecular flexibility index (Phi) is 3.70. The standard InChI is InChI=1S/C15H13N3O/c16-13-9-6-11(7-10-13)5-8-12-3-1-2-4-14(12)18-15(17)19/h1-4,6-7,9-10H,16H2,(H3,17,18,19). The minimum Gasteiger partial charge on any atom is -0.399 e. The summed E-state index contributed by atoms with van der Waals surface area (Å²) in [5.74, 6) is 6.00. The van der Waals surface area contributed by atoms with Crippen LogP contribution >= 0.6 is 0 Å². The van der Waals surface area contributed by atoms with Crippen molar-refractivity contribution in [1.29, 1.82) is 0 Å². The number of benzene rings is 2. The van der Waals surface area contributed by atoms with E-state index in [4.69, 9.17) is 11.5 Å². The Balaban J connectivity index is 2.29. The Labute approximate surface area is 111 Å². The number of hydrogen-bond donors (Lipinski definition) is 3. The first-order valence-corrected chi connectivity index (χ1v) is 5.68. The largest absolute Gasteiger partial charge is 0.399 e. The average Bonchev–Trinajstić information content (AvgIpc) is 2.39. The van der Waals surface area contributed by atoms with Gasteiger partial charge in [-0.15, -0.1) is 0 Å². The van der Waals surface area contributed by atoms with Gasteiger partial charge < -0.3 is 16.8 Å². The third-order valence-corrected chi connectivity index (χ3v) is 2.44. The van der Waals surface area contributed by atoms with Crippen LogP contribution in [0.1, 0.15) is 11.1 Å². The summed E-state index contributed by atoms with van der Waals surface area (Å²) in [6.07, 6.45) is 0. The maximum Gasteiger partial charge on any atom is 0.316 e. The van der Waals surface area contributed by atoms with Crippen LogP contribution in [0.2, 0.25) is 0 Å². The number of anilines is 2. The van der Waals surface area contributed by atoms with E-state index in [-0.39, 0.29) is 0 Å². The number of hydrogen-bond acceptors (Lipinski definition) is 2. The van der Waals surface area contributed by atoms with Gasteiger partial charge in [-0.1, -0.05) is 24.0 Å². The second-order valence-electron chi connectivity index (χ2n) is 3.91. The molecule has 0 heterocycles. The number of para-hydroxylation sites is 1. The molecule has 0 saturated heterocycles. The van der Waals surface area contributed by atoms with E-state index >= 15 is 0 Å². The van der Waals surface area contributed by atoms with Gasteiger partial charge in [0.05, 0.1) is 5.69 Å². The second-order valence-corrected chi connectivity index (χ2v) is 3.91. The molecular formula is C15H13N3O. The quantitative estimate of drug-likeness (QED) is 0.536. The van der Waals surface area contributed by atoms with Crippen LogP contribution in [0.4, 0.5) is 16.2 Å². The van der Waals surface area contributed by atoms with Crippen molar-refractivity contribution in [3.8, 4) is 11.8 Å². The molecule has 0 saturated carbocycles. The van der Waals surface area contributed by atoms with Gasteiger partial charge in [-0.3, -0.25) is 0 Å². The van der Waals surface area contributed by atoms with Crippen LogP contribution in [0.25, 0.3) is 0 Å². The lowest BCUT2D eigenvalue weighted by molar-refractivity contribution is 0.259. The lowest BCUT2D eigenvalue weighted by atomic mass is 10.1. The van der Waals surface area contributed by atoms with Gasteiger partial charge in [-0.25, -0.2) is 4.79 Å². The molecule has 94 valence electrons. The average molecular weight is 251 g/mol. The van der Waals surface area contributed by atoms with Crippen molar-refractivity contribution < 1.29 is 4.79 Å². The molecule has 0 aromatic heterocycles. The van der Waals surface area contributed by atoms with E-state index in [1.165, 1.54) is 0 Å². The van der Waals surface area contributed by atoms with Crippen LogP contribution in [0.5, 0.6) is 0 Å². The molecule has 0 spiro atoms. The molecule has 0 aliphatic carbocycles. The van der Waals surface area contributed by atoms with Gasteiger partial charge in [0.25, 0.3) is 0 Å². The molecule has 5 N–H and O–H groups in total. The third kappa shape index (κ3) is 3.51. The van der Waals surface area contributed by atoms with E-state index in [0.29, 0.717) is 16.9 Å². The predicted molar refractivity (Wildman–Crippen MR) is 76.5 cm³/mol. The van der Waals surface area contributed by atoms with Crippen molar-refractivity contribution in [2.24, 2.45) is 5.73 Å². The summed E-state index contributed by atoms with van der Waals surface area (Å²) in [7, 11) is 0. The molecule has 0 atom stereocenters. The van der Waals surface area contributed by atoms with Gasteiger partial charge in [0.15, 0.2) is 0 Å². The highest BCUT2D eigenvalue weighted by atomic mass is 16.2. The van der Waals surface area contributed by atoms with Gasteiger partial charge in [0, 0.05) is 16.8 Å². The van der Waals surface area contributed by atoms with Crippen LogP contribution in [0.15, 0.2) is 48.5 Å². The fourth-order valence-electron chi connectivity index (χ4n) is 1.54. The summed E-state index contributed by atoms with van der Waals surface area (Å²) in [6, 6.07) is 13.9. The summed E-state index contributed by atoms with van der Waals surface area (Å²) in [5.41, 5.74) is 13.6. The van der Waals surface area contributed by atoms with Gasteiger partial charge in [-0.05, 0) is 36.4 Å². The number of nitrogen functional groups attached to an aromatic ring is 1. The van der Waals surface area contributed by atoms with Crippen molar-refractivity contribution in [3.05, 3.63) is 59.7 Å². The van der Waals surface area contributed by atoms with Crippen molar-refractivity contribution in [1.82, 2.24) is 0 Å². The minimum atomic E-state index is -0.610. The van der Waals surface area contributed by atoms with Gasteiger partial charge in [-0.2, -0.15) is 0 Å². The van der Waals surface area contributed by atoms with Gasteiger partial charge >= 0.3 is 6.03 Å². The summed E-state index contributed by atoms with van der Waals surface area (Å²) in [5, 5.41) is 2.54. The van der Waals surface area contributed by atoms with E-state index in [1.807, 2.05) is 24.3 Å². The maximum atomic E-state index is 10.9. The molecule has 2 aromatic carbocycles. The normalized spacial score (nSPS) is 9.26. The highest BCUT2D eigenvalue weighted by Gasteiger charge is 2.00. The van der Waals surface area contributed by atoms with E-state index in [9.17, 15) is 4.79 Å². The van der Waals surface area contributed by atoms with E-state index in [1.54, 1.807) is 24.3 Å². The molecule has 19 heavy (non-hydrogen) atoms. The van der Waals surface area contributed by atoms with Crippen LogP contribution in [-0.4, -0.2) is 6.03 Å². The molecule has 0 unspecified atom stereocenters. The topological polar surface area (TPSA) is 81.1 Å². The molecule has 0 fully saturated rings. The molecule has 2 aromatic rings. The molecule has 0 aliphatic heterocycles. The monoisotopic (exact) mass is 251 g/mol. The van der Waals surface area contributed by atoms with Crippen LogP contribution in [0.3, 0.4) is 0 Å². The SMILES string of the molecule is NC(=O)Nc1ccccc1C#Cc1ccc(N)cc1. The zero-order valence-corrected chi connectivity index (χ0v) is 10.2. The zero-order chi connectivity index (χ0) is 13.7. The molecule has 2 rings (SSSR count). The Morgan fingerprint density at radius 3 is 2.37 bits per heavy atom. The summed E-state index contributed by atoms with van der Waals surface area (Å²) < 4.78 is 0. The highest BCUT2D eigenvalue weighted by molar-refractivity contribution is 5.89. The van der Waals surface area contributed by atoms with Gasteiger partial charge in [0.2, 0.25) is 0 Å². The van der Waals surface area contributed by atoms with Crippen molar-refractivity contribution in [3.63, 3.8) is 0 Å². The highest BCUT2D eigenvalue weighted by Crippen LogP contribution is 2.13. The van der Waals surface area contributed by atoms with Crippen LogP contribution in [-0.2, 0) is 0 Å². The Hall–Kier alpha value is -2.93. The van der Waals surface area contributed by atoms with E-state index < -0.39 is 6.03 Å². The first kappa shape index (κ1) is 12.5. The number of primary amides is 1.